The van der Waals surface area contributed by atoms with E-state index >= 15 is 0 Å². The molecule has 3 heterocycles. The van der Waals surface area contributed by atoms with Gasteiger partial charge in [-0.15, -0.1) is 0 Å². The molecule has 2 aromatic heterocycles. The number of amides is 1. The van der Waals surface area contributed by atoms with E-state index in [1.54, 1.807) is 60.8 Å². The molecule has 1 N–H and O–H groups in total. The van der Waals surface area contributed by atoms with Gasteiger partial charge in [0.25, 0.3) is 5.91 Å². The van der Waals surface area contributed by atoms with E-state index in [0.717, 1.165) is 5.56 Å². The van der Waals surface area contributed by atoms with Gasteiger partial charge in [0.1, 0.15) is 11.6 Å². The smallest absolute Gasteiger partial charge is 0.294 e. The van der Waals surface area contributed by atoms with Gasteiger partial charge in [0.05, 0.1) is 11.3 Å². The number of nitrogens with zero attached hydrogens (tertiary/aromatic N) is 2. The lowest BCUT2D eigenvalue weighted by molar-refractivity contribution is -0.117. The summed E-state index contributed by atoms with van der Waals surface area (Å²) >= 11 is 12.3. The van der Waals surface area contributed by atoms with Gasteiger partial charge in [-0.3, -0.25) is 19.5 Å². The molecule has 8 heteroatoms. The molecular weight excluding hydrogens is 463 g/mol. The number of rotatable bonds is 4. The molecular formula is C25H16Cl2N2O4. The number of aliphatic hydroxyl groups excluding tert-OH is 1. The van der Waals surface area contributed by atoms with Crippen LogP contribution in [0.5, 0.6) is 0 Å². The van der Waals surface area contributed by atoms with Gasteiger partial charge >= 0.3 is 0 Å². The number of fused-ring (bicyclic) bond motifs is 1. The molecule has 0 saturated heterocycles. The van der Waals surface area contributed by atoms with Crippen LogP contribution in [0.2, 0.25) is 10.0 Å². The lowest BCUT2D eigenvalue weighted by Gasteiger charge is -2.27. The molecule has 1 atom stereocenters. The van der Waals surface area contributed by atoms with Crippen LogP contribution in [0.15, 0.2) is 82.6 Å². The maximum atomic E-state index is 13.6. The first-order valence-electron chi connectivity index (χ1n) is 10.0. The van der Waals surface area contributed by atoms with Crippen molar-refractivity contribution in [1.29, 1.82) is 0 Å². The monoisotopic (exact) mass is 478 g/mol. The van der Waals surface area contributed by atoms with Gasteiger partial charge in [-0.25, -0.2) is 0 Å². The number of hydrogen-bond acceptors (Lipinski definition) is 5. The van der Waals surface area contributed by atoms with E-state index in [-0.39, 0.29) is 11.3 Å². The summed E-state index contributed by atoms with van der Waals surface area (Å²) in [6.07, 6.45) is 1.56. The summed E-state index contributed by atoms with van der Waals surface area (Å²) in [5.74, 6) is -2.02. The number of carbonyl (C=O) groups excluding carboxylic acids is 2. The predicted molar refractivity (Wildman–Crippen MR) is 126 cm³/mol. The minimum absolute atomic E-state index is 0.0211. The Bertz CT molecular complexity index is 1460. The van der Waals surface area contributed by atoms with Gasteiger partial charge in [-0.05, 0) is 61.0 Å². The van der Waals surface area contributed by atoms with Crippen LogP contribution >= 0.6 is 23.2 Å². The molecule has 0 saturated carbocycles. The van der Waals surface area contributed by atoms with Gasteiger partial charge in [0, 0.05) is 27.3 Å². The van der Waals surface area contributed by atoms with E-state index < -0.39 is 23.5 Å². The van der Waals surface area contributed by atoms with Crippen molar-refractivity contribution in [3.05, 3.63) is 105 Å². The van der Waals surface area contributed by atoms with Crippen LogP contribution < -0.4 is 4.90 Å². The van der Waals surface area contributed by atoms with Crippen molar-refractivity contribution in [3.8, 4) is 0 Å². The number of benzene rings is 2. The number of pyridine rings is 1. The van der Waals surface area contributed by atoms with Gasteiger partial charge in [0.15, 0.2) is 11.5 Å². The molecule has 164 valence electrons. The third kappa shape index (κ3) is 3.57. The quantitative estimate of drug-likeness (QED) is 0.351. The zero-order valence-corrected chi connectivity index (χ0v) is 18.8. The molecule has 1 amide bonds. The average Bonchev–Trinajstić information content (AvgIpc) is 3.34. The summed E-state index contributed by atoms with van der Waals surface area (Å²) < 4.78 is 5.72. The Morgan fingerprint density at radius 1 is 1.06 bits per heavy atom. The maximum Gasteiger partial charge on any atom is 0.294 e. The van der Waals surface area contributed by atoms with E-state index in [2.05, 4.69) is 4.98 Å². The highest BCUT2D eigenvalue weighted by Gasteiger charge is 2.46. The fourth-order valence-electron chi connectivity index (χ4n) is 4.00. The van der Waals surface area contributed by atoms with Gasteiger partial charge in [-0.1, -0.05) is 35.3 Å². The number of hydrogen-bond donors (Lipinski definition) is 1. The summed E-state index contributed by atoms with van der Waals surface area (Å²) in [7, 11) is 0. The largest absolute Gasteiger partial charge is 0.503 e. The molecule has 0 fully saturated rings. The first-order chi connectivity index (χ1) is 15.8. The molecule has 5 rings (SSSR count). The first kappa shape index (κ1) is 21.2. The number of anilines is 1. The highest BCUT2D eigenvalue weighted by atomic mass is 35.5. The van der Waals surface area contributed by atoms with Crippen LogP contribution in [0.4, 0.5) is 5.69 Å². The zero-order valence-electron chi connectivity index (χ0n) is 17.3. The number of Topliss-reactive ketones (excluding diaryl/α,β-unsaturated/α-hetero) is 1. The van der Waals surface area contributed by atoms with Crippen molar-refractivity contribution >= 4 is 51.5 Å². The molecule has 33 heavy (non-hydrogen) atoms. The maximum absolute atomic E-state index is 13.6. The molecule has 0 radical (unpaired) electrons. The second-order valence-corrected chi connectivity index (χ2v) is 8.52. The second-order valence-electron chi connectivity index (χ2n) is 7.65. The SMILES string of the molecule is Cc1ccc(Cl)cc1N1C(=O)C(O)=C(C(=O)c2cc3cc(Cl)ccc3o2)C1c1ccccn1. The molecule has 2 aromatic carbocycles. The zero-order chi connectivity index (χ0) is 23.3. The number of aromatic nitrogens is 1. The lowest BCUT2D eigenvalue weighted by Crippen LogP contribution is -2.32. The number of aryl methyl sites for hydroxylation is 1. The molecule has 4 aromatic rings. The molecule has 1 aliphatic heterocycles. The third-order valence-corrected chi connectivity index (χ3v) is 6.02. The Balaban J connectivity index is 1.68. The first-order valence-corrected chi connectivity index (χ1v) is 10.8. The Kier molecular flexibility index (Phi) is 5.19. The molecule has 1 unspecified atom stereocenters. The molecule has 1 aliphatic rings. The Morgan fingerprint density at radius 3 is 2.58 bits per heavy atom. The fourth-order valence-corrected chi connectivity index (χ4v) is 4.35. The minimum Gasteiger partial charge on any atom is -0.503 e. The molecule has 0 bridgehead atoms. The van der Waals surface area contributed by atoms with Crippen LogP contribution in [0.25, 0.3) is 11.0 Å². The molecule has 0 spiro atoms. The summed E-state index contributed by atoms with van der Waals surface area (Å²) in [5.41, 5.74) is 1.96. The fraction of sp³-hybridized carbons (Fsp3) is 0.0800. The van der Waals surface area contributed by atoms with Crippen LogP contribution in [0.1, 0.15) is 27.9 Å². The summed E-state index contributed by atoms with van der Waals surface area (Å²) in [6.45, 7) is 1.81. The Hall–Kier alpha value is -3.61. The highest BCUT2D eigenvalue weighted by molar-refractivity contribution is 6.31. The normalized spacial score (nSPS) is 16.2. The van der Waals surface area contributed by atoms with Crippen molar-refractivity contribution in [1.82, 2.24) is 4.98 Å². The van der Waals surface area contributed by atoms with Crippen LogP contribution in [0.3, 0.4) is 0 Å². The van der Waals surface area contributed by atoms with Crippen LogP contribution in [-0.4, -0.2) is 21.8 Å². The number of aliphatic hydroxyl groups is 1. The predicted octanol–water partition coefficient (Wildman–Crippen LogP) is 6.23. The lowest BCUT2D eigenvalue weighted by atomic mass is 9.97. The van der Waals surface area contributed by atoms with E-state index in [0.29, 0.717) is 32.4 Å². The van der Waals surface area contributed by atoms with Crippen LogP contribution in [-0.2, 0) is 4.79 Å². The van der Waals surface area contributed by atoms with E-state index in [1.807, 2.05) is 6.92 Å². The number of halogens is 2. The number of ketones is 1. The van der Waals surface area contributed by atoms with E-state index in [9.17, 15) is 14.7 Å². The van der Waals surface area contributed by atoms with Gasteiger partial charge in [-0.2, -0.15) is 0 Å². The molecule has 0 aliphatic carbocycles. The van der Waals surface area contributed by atoms with Crippen molar-refractivity contribution in [2.45, 2.75) is 13.0 Å². The molecule has 6 nitrogen and oxygen atoms in total. The number of carbonyl (C=O) groups is 2. The average molecular weight is 479 g/mol. The second kappa shape index (κ2) is 8.06. The highest BCUT2D eigenvalue weighted by Crippen LogP contribution is 2.43. The Morgan fingerprint density at radius 2 is 1.82 bits per heavy atom. The third-order valence-electron chi connectivity index (χ3n) is 5.55. The standard InChI is InChI=1S/C25H16Cl2N2O4/c1-13-5-6-16(27)12-18(13)29-22(17-4-2-3-9-28-17)21(24(31)25(29)32)23(30)20-11-14-10-15(26)7-8-19(14)33-20/h2-12,22,31H,1H3. The van der Waals surface area contributed by atoms with Crippen molar-refractivity contribution in [3.63, 3.8) is 0 Å². The van der Waals surface area contributed by atoms with Gasteiger partial charge < -0.3 is 9.52 Å². The topological polar surface area (TPSA) is 83.6 Å². The summed E-state index contributed by atoms with van der Waals surface area (Å²) in [4.78, 5) is 32.6. The minimum atomic E-state index is -0.972. The van der Waals surface area contributed by atoms with Crippen molar-refractivity contribution in [2.24, 2.45) is 0 Å². The number of furan rings is 1. The van der Waals surface area contributed by atoms with Crippen molar-refractivity contribution < 1.29 is 19.1 Å². The van der Waals surface area contributed by atoms with Crippen LogP contribution in [0, 0.1) is 6.92 Å². The Labute approximate surface area is 198 Å². The summed E-state index contributed by atoms with van der Waals surface area (Å²) in [6, 6.07) is 15.8. The van der Waals surface area contributed by atoms with E-state index in [4.69, 9.17) is 27.6 Å². The van der Waals surface area contributed by atoms with Gasteiger partial charge in [0.2, 0.25) is 5.78 Å². The summed E-state index contributed by atoms with van der Waals surface area (Å²) in [5, 5.41) is 12.4. The van der Waals surface area contributed by atoms with Crippen molar-refractivity contribution in [2.75, 3.05) is 4.90 Å². The van der Waals surface area contributed by atoms with E-state index in [1.165, 1.54) is 11.0 Å².